The molecule has 0 spiro atoms. The number of hydrazine groups is 1. The van der Waals surface area contributed by atoms with Crippen molar-refractivity contribution in [1.82, 2.24) is 10.4 Å². The molecule has 5 heteroatoms. The van der Waals surface area contributed by atoms with Gasteiger partial charge in [0.15, 0.2) is 4.32 Å². The summed E-state index contributed by atoms with van der Waals surface area (Å²) in [6, 6.07) is 0. The summed E-state index contributed by atoms with van der Waals surface area (Å²) in [7, 11) is 0. The molecule has 3 nitrogen and oxygen atoms in total. The Kier molecular flexibility index (Phi) is 2.50. The van der Waals surface area contributed by atoms with Crippen molar-refractivity contribution in [3.05, 3.63) is 0 Å². The Morgan fingerprint density at radius 3 is 3.00 bits per heavy atom. The summed E-state index contributed by atoms with van der Waals surface area (Å²) in [5.74, 6) is 0.0522. The number of hydrogen-bond acceptors (Lipinski definition) is 3. The Bertz CT molecular complexity index is 171. The highest BCUT2D eigenvalue weighted by molar-refractivity contribution is 8.22. The van der Waals surface area contributed by atoms with E-state index >= 15 is 0 Å². The molecule has 0 radical (unpaired) electrons. The number of amides is 1. The predicted molar refractivity (Wildman–Crippen MR) is 45.6 cm³/mol. The van der Waals surface area contributed by atoms with Crippen LogP contribution in [0.3, 0.4) is 0 Å². The van der Waals surface area contributed by atoms with Crippen LogP contribution >= 0.6 is 24.0 Å². The average molecular weight is 176 g/mol. The molecule has 1 saturated heterocycles. The van der Waals surface area contributed by atoms with Crippen LogP contribution in [0.5, 0.6) is 0 Å². The Balaban J connectivity index is 2.44. The normalized spacial score (nSPS) is 17.3. The summed E-state index contributed by atoms with van der Waals surface area (Å²) in [5.41, 5.74) is 2.64. The van der Waals surface area contributed by atoms with Crippen molar-refractivity contribution in [3.8, 4) is 0 Å². The van der Waals surface area contributed by atoms with Crippen LogP contribution < -0.4 is 5.43 Å². The molecule has 0 aromatic carbocycles. The zero-order valence-electron chi connectivity index (χ0n) is 5.59. The van der Waals surface area contributed by atoms with E-state index in [1.807, 2.05) is 6.26 Å². The van der Waals surface area contributed by atoms with Crippen molar-refractivity contribution in [2.24, 2.45) is 0 Å². The van der Waals surface area contributed by atoms with E-state index in [4.69, 9.17) is 12.2 Å². The summed E-state index contributed by atoms with van der Waals surface area (Å²) in [5, 5.41) is 1.70. The van der Waals surface area contributed by atoms with E-state index in [2.05, 4.69) is 5.43 Å². The van der Waals surface area contributed by atoms with Gasteiger partial charge in [0.25, 0.3) is 0 Å². The first-order chi connectivity index (χ1) is 4.74. The van der Waals surface area contributed by atoms with E-state index in [9.17, 15) is 4.79 Å². The van der Waals surface area contributed by atoms with E-state index in [0.29, 0.717) is 13.0 Å². The first-order valence-electron chi connectivity index (χ1n) is 2.89. The van der Waals surface area contributed by atoms with Crippen LogP contribution in [0.25, 0.3) is 0 Å². The monoisotopic (exact) mass is 176 g/mol. The lowest BCUT2D eigenvalue weighted by molar-refractivity contribution is -0.120. The minimum atomic E-state index is 0.0522. The van der Waals surface area contributed by atoms with Gasteiger partial charge in [0.05, 0.1) is 0 Å². The number of thiocarbonyl (C=S) groups is 1. The molecule has 1 heterocycles. The molecule has 0 unspecified atom stereocenters. The third-order valence-corrected chi connectivity index (χ3v) is 2.51. The fraction of sp³-hybridized carbons (Fsp3) is 0.600. The second kappa shape index (κ2) is 3.21. The maximum atomic E-state index is 10.7. The van der Waals surface area contributed by atoms with Crippen molar-refractivity contribution in [3.63, 3.8) is 0 Å². The molecule has 0 saturated carbocycles. The van der Waals surface area contributed by atoms with Gasteiger partial charge in [0.1, 0.15) is 0 Å². The van der Waals surface area contributed by atoms with Gasteiger partial charge in [-0.25, -0.2) is 0 Å². The van der Waals surface area contributed by atoms with E-state index in [1.165, 1.54) is 11.8 Å². The number of nitrogens with zero attached hydrogens (tertiary/aromatic N) is 1. The Hall–Kier alpha value is -0.290. The SMILES string of the molecule is CSC(=S)N1CCC(=O)N1. The molecule has 1 rings (SSSR count). The summed E-state index contributed by atoms with van der Waals surface area (Å²) in [6.45, 7) is 0.707. The van der Waals surface area contributed by atoms with Gasteiger partial charge in [0, 0.05) is 13.0 Å². The zero-order chi connectivity index (χ0) is 7.56. The Labute approximate surface area is 69.1 Å². The molecular formula is C5H8N2OS2. The second-order valence-electron chi connectivity index (χ2n) is 1.91. The van der Waals surface area contributed by atoms with Crippen LogP contribution in [0.4, 0.5) is 0 Å². The smallest absolute Gasteiger partial charge is 0.240 e. The average Bonchev–Trinajstić information content (AvgIpc) is 2.34. The molecule has 1 aliphatic heterocycles. The summed E-state index contributed by atoms with van der Waals surface area (Å²) in [4.78, 5) is 10.7. The lowest BCUT2D eigenvalue weighted by Gasteiger charge is -2.15. The van der Waals surface area contributed by atoms with Crippen LogP contribution in [0.15, 0.2) is 0 Å². The Morgan fingerprint density at radius 1 is 1.90 bits per heavy atom. The van der Waals surface area contributed by atoms with Crippen molar-refractivity contribution < 1.29 is 4.79 Å². The number of hydrogen-bond donors (Lipinski definition) is 1. The van der Waals surface area contributed by atoms with E-state index < -0.39 is 0 Å². The maximum absolute atomic E-state index is 10.7. The zero-order valence-corrected chi connectivity index (χ0v) is 7.22. The number of carbonyl (C=O) groups is 1. The van der Waals surface area contributed by atoms with Crippen molar-refractivity contribution in [2.45, 2.75) is 6.42 Å². The highest BCUT2D eigenvalue weighted by Gasteiger charge is 2.19. The van der Waals surface area contributed by atoms with Crippen LogP contribution in [0, 0.1) is 0 Å². The van der Waals surface area contributed by atoms with Crippen molar-refractivity contribution >= 4 is 34.2 Å². The number of rotatable bonds is 0. The highest BCUT2D eigenvalue weighted by Crippen LogP contribution is 2.07. The lowest BCUT2D eigenvalue weighted by Crippen LogP contribution is -2.35. The second-order valence-corrected chi connectivity index (χ2v) is 3.35. The molecule has 0 aromatic rings. The molecule has 10 heavy (non-hydrogen) atoms. The summed E-state index contributed by atoms with van der Waals surface area (Å²) >= 11 is 6.41. The molecule has 0 bridgehead atoms. The molecule has 0 atom stereocenters. The molecule has 1 fully saturated rings. The molecule has 56 valence electrons. The number of carbonyl (C=O) groups excluding carboxylic acids is 1. The molecule has 1 N–H and O–H groups in total. The quantitative estimate of drug-likeness (QED) is 0.541. The third kappa shape index (κ3) is 1.60. The maximum Gasteiger partial charge on any atom is 0.240 e. The van der Waals surface area contributed by atoms with Gasteiger partial charge in [-0.05, 0) is 6.26 Å². The van der Waals surface area contributed by atoms with Gasteiger partial charge in [0.2, 0.25) is 5.91 Å². The number of thioether (sulfide) groups is 1. The first kappa shape index (κ1) is 7.81. The van der Waals surface area contributed by atoms with Crippen LogP contribution in [-0.4, -0.2) is 28.0 Å². The molecule has 0 aromatic heterocycles. The van der Waals surface area contributed by atoms with E-state index in [1.54, 1.807) is 5.01 Å². The summed E-state index contributed by atoms with van der Waals surface area (Å²) in [6.07, 6.45) is 2.45. The third-order valence-electron chi connectivity index (χ3n) is 1.22. The van der Waals surface area contributed by atoms with Gasteiger partial charge in [-0.3, -0.25) is 15.2 Å². The van der Waals surface area contributed by atoms with Crippen LogP contribution in [-0.2, 0) is 4.79 Å². The fourth-order valence-electron chi connectivity index (χ4n) is 0.723. The van der Waals surface area contributed by atoms with E-state index in [-0.39, 0.29) is 5.91 Å². The fourth-order valence-corrected chi connectivity index (χ4v) is 1.22. The minimum Gasteiger partial charge on any atom is -0.273 e. The molecule has 1 amide bonds. The number of nitrogens with one attached hydrogen (secondary N) is 1. The first-order valence-corrected chi connectivity index (χ1v) is 4.52. The van der Waals surface area contributed by atoms with Gasteiger partial charge in [-0.15, -0.1) is 0 Å². The van der Waals surface area contributed by atoms with Crippen LogP contribution in [0.2, 0.25) is 0 Å². The standard InChI is InChI=1S/C5H8N2OS2/c1-10-5(9)7-3-2-4(8)6-7/h2-3H2,1H3,(H,6,8). The molecular weight excluding hydrogens is 168 g/mol. The highest BCUT2D eigenvalue weighted by atomic mass is 32.2. The van der Waals surface area contributed by atoms with Gasteiger partial charge in [-0.2, -0.15) is 0 Å². The van der Waals surface area contributed by atoms with Gasteiger partial charge >= 0.3 is 0 Å². The Morgan fingerprint density at radius 2 is 2.60 bits per heavy atom. The topological polar surface area (TPSA) is 32.3 Å². The predicted octanol–water partition coefficient (Wildman–Crippen LogP) is 0.371. The van der Waals surface area contributed by atoms with Crippen molar-refractivity contribution in [2.75, 3.05) is 12.8 Å². The lowest BCUT2D eigenvalue weighted by atomic mass is 10.4. The van der Waals surface area contributed by atoms with Gasteiger partial charge < -0.3 is 0 Å². The molecule has 1 aliphatic rings. The molecule has 0 aliphatic carbocycles. The largest absolute Gasteiger partial charge is 0.273 e. The van der Waals surface area contributed by atoms with Crippen LogP contribution in [0.1, 0.15) is 6.42 Å². The summed E-state index contributed by atoms with van der Waals surface area (Å²) < 4.78 is 0.728. The van der Waals surface area contributed by atoms with Gasteiger partial charge in [-0.1, -0.05) is 24.0 Å². The minimum absolute atomic E-state index is 0.0522. The van der Waals surface area contributed by atoms with E-state index in [0.717, 1.165) is 4.32 Å². The van der Waals surface area contributed by atoms with Crippen molar-refractivity contribution in [1.29, 1.82) is 0 Å².